The van der Waals surface area contributed by atoms with Gasteiger partial charge in [-0.05, 0) is 184 Å². The molecule has 0 atom stereocenters. The third kappa shape index (κ3) is 7.33. The van der Waals surface area contributed by atoms with E-state index in [1.807, 2.05) is 170 Å². The number of ether oxygens (including phenoxy) is 2. The summed E-state index contributed by atoms with van der Waals surface area (Å²) in [6.45, 7) is -0.247. The highest BCUT2D eigenvalue weighted by molar-refractivity contribution is 7.20. The molecule has 0 aliphatic heterocycles. The number of ketones is 4. The number of fused-ring (bicyclic) bond motifs is 11. The summed E-state index contributed by atoms with van der Waals surface area (Å²) in [6, 6.07) is 61.0. The van der Waals surface area contributed by atoms with Crippen LogP contribution in [0.25, 0.3) is 86.5 Å². The van der Waals surface area contributed by atoms with E-state index in [2.05, 4.69) is 0 Å². The Kier molecular flexibility index (Phi) is 10.4. The van der Waals surface area contributed by atoms with E-state index < -0.39 is 17.4 Å². The van der Waals surface area contributed by atoms with Gasteiger partial charge in [0.1, 0.15) is 13.2 Å². The lowest BCUT2D eigenvalue weighted by molar-refractivity contribution is -0.164. The van der Waals surface area contributed by atoms with Crippen LogP contribution < -0.4 is 0 Å². The first-order chi connectivity index (χ1) is 38.5. The van der Waals surface area contributed by atoms with Crippen molar-refractivity contribution in [2.75, 3.05) is 0 Å². The van der Waals surface area contributed by atoms with E-state index in [9.17, 15) is 19.2 Å². The van der Waals surface area contributed by atoms with Crippen LogP contribution in [0.3, 0.4) is 0 Å². The van der Waals surface area contributed by atoms with Gasteiger partial charge in [0.05, 0.1) is 11.1 Å². The number of thiophene rings is 2. The van der Waals surface area contributed by atoms with Crippen molar-refractivity contribution in [1.29, 1.82) is 0 Å². The predicted octanol–water partition coefficient (Wildman–Crippen LogP) is 15.4. The smallest absolute Gasteiger partial charge is 0.333 e. The third-order valence-corrected chi connectivity index (χ3v) is 17.8. The topological polar surface area (TPSA) is 121 Å². The van der Waals surface area contributed by atoms with Crippen LogP contribution in [0.2, 0.25) is 0 Å². The minimum atomic E-state index is -2.13. The molecule has 0 N–H and O–H groups in total. The first-order valence-electron chi connectivity index (χ1n) is 25.7. The first kappa shape index (κ1) is 46.6. The van der Waals surface area contributed by atoms with Crippen LogP contribution in [0.4, 0.5) is 0 Å². The number of rotatable bonds is 8. The minimum absolute atomic E-state index is 0.0560. The second-order valence-corrected chi connectivity index (χ2v) is 22.6. The van der Waals surface area contributed by atoms with E-state index >= 15 is 9.59 Å². The highest BCUT2D eigenvalue weighted by Gasteiger charge is 2.58. The number of hydrogen-bond acceptors (Lipinski definition) is 10. The highest BCUT2D eigenvalue weighted by Crippen LogP contribution is 2.55. The number of hydrogen-bond donors (Lipinski definition) is 0. The zero-order valence-electron chi connectivity index (χ0n) is 41.6. The van der Waals surface area contributed by atoms with Gasteiger partial charge in [-0.3, -0.25) is 28.8 Å². The van der Waals surface area contributed by atoms with Crippen LogP contribution in [0.1, 0.15) is 73.4 Å². The van der Waals surface area contributed by atoms with Gasteiger partial charge in [0.25, 0.3) is 0 Å². The van der Waals surface area contributed by atoms with Crippen molar-refractivity contribution >= 4 is 133 Å². The van der Waals surface area contributed by atoms with E-state index in [-0.39, 0.29) is 47.5 Å². The van der Waals surface area contributed by atoms with Crippen LogP contribution in [-0.4, -0.2) is 35.1 Å². The van der Waals surface area contributed by atoms with Gasteiger partial charge in [-0.2, -0.15) is 0 Å². The monoisotopic (exact) mass is 1060 g/mol. The molecule has 3 aliphatic rings. The van der Waals surface area contributed by atoms with Gasteiger partial charge in [-0.15, -0.1) is 22.7 Å². The molecular formula is C69H38O8S2. The van der Waals surface area contributed by atoms with Gasteiger partial charge in [0.2, 0.25) is 5.41 Å². The van der Waals surface area contributed by atoms with Crippen LogP contribution in [0.5, 0.6) is 0 Å². The molecule has 0 bridgehead atoms. The Morgan fingerprint density at radius 2 is 0.684 bits per heavy atom. The van der Waals surface area contributed by atoms with Crippen molar-refractivity contribution in [3.05, 3.63) is 260 Å². The summed E-state index contributed by atoms with van der Waals surface area (Å²) in [5, 5.41) is 8.96. The molecule has 8 nitrogen and oxygen atoms in total. The fourth-order valence-electron chi connectivity index (χ4n) is 11.8. The Bertz CT molecular complexity index is 4390. The number of carbonyl (C=O) groups is 6. The molecule has 0 unspecified atom stereocenters. The molecule has 2 aromatic heterocycles. The normalized spacial score (nSPS) is 14.2. The van der Waals surface area contributed by atoms with Crippen LogP contribution >= 0.6 is 22.7 Å². The summed E-state index contributed by atoms with van der Waals surface area (Å²) in [5.74, 6) is -3.07. The molecule has 79 heavy (non-hydrogen) atoms. The molecule has 12 aromatic rings. The Balaban J connectivity index is 0.859. The maximum Gasteiger partial charge on any atom is 0.333 e. The SMILES string of the molecule is O=C1C(=Cc2cc3cc4c(cc3s2)-c2cc3sc(C=C5C(=O)c6cc7cc8ccccc8cc7cc6C5=O)cc3cc2C4(C(=O)OCc2ccccc2)C(=O)OCc2ccccc2)C(=O)c2cc3cc4ccccc4cc3cc21. The molecule has 0 spiro atoms. The fourth-order valence-corrected chi connectivity index (χ4v) is 13.9. The summed E-state index contributed by atoms with van der Waals surface area (Å²) < 4.78 is 14.0. The van der Waals surface area contributed by atoms with Crippen molar-refractivity contribution in [2.24, 2.45) is 0 Å². The largest absolute Gasteiger partial charge is 0.459 e. The molecule has 374 valence electrons. The first-order valence-corrected chi connectivity index (χ1v) is 27.3. The summed E-state index contributed by atoms with van der Waals surface area (Å²) in [7, 11) is 0. The molecule has 15 rings (SSSR count). The summed E-state index contributed by atoms with van der Waals surface area (Å²) >= 11 is 2.77. The molecule has 0 radical (unpaired) electrons. The van der Waals surface area contributed by atoms with Crippen LogP contribution in [0.15, 0.2) is 205 Å². The van der Waals surface area contributed by atoms with E-state index in [0.717, 1.165) is 63.6 Å². The van der Waals surface area contributed by atoms with E-state index in [0.29, 0.717) is 65.0 Å². The molecule has 10 aromatic carbocycles. The average Bonchev–Trinajstić information content (AvgIpc) is 3.94. The highest BCUT2D eigenvalue weighted by atomic mass is 32.1. The van der Waals surface area contributed by atoms with Crippen LogP contribution in [0, 0.1) is 0 Å². The lowest BCUT2D eigenvalue weighted by atomic mass is 9.77. The third-order valence-electron chi connectivity index (χ3n) is 15.7. The minimum Gasteiger partial charge on any atom is -0.459 e. The zero-order valence-corrected chi connectivity index (χ0v) is 43.3. The number of benzene rings is 10. The molecule has 2 heterocycles. The quantitative estimate of drug-likeness (QED) is 0.0485. The Labute approximate surface area is 458 Å². The van der Waals surface area contributed by atoms with Crippen molar-refractivity contribution in [2.45, 2.75) is 18.6 Å². The molecule has 3 aliphatic carbocycles. The molecule has 0 amide bonds. The van der Waals surface area contributed by atoms with Crippen molar-refractivity contribution in [3.63, 3.8) is 0 Å². The summed E-state index contributed by atoms with van der Waals surface area (Å²) in [4.78, 5) is 88.7. The Hall–Kier alpha value is -9.74. The van der Waals surface area contributed by atoms with Gasteiger partial charge in [0, 0.05) is 41.4 Å². The molecule has 10 heteroatoms. The van der Waals surface area contributed by atoms with Gasteiger partial charge < -0.3 is 9.47 Å². The average molecular weight is 1060 g/mol. The molecule has 0 fully saturated rings. The molecular weight excluding hydrogens is 1020 g/mol. The van der Waals surface area contributed by atoms with Gasteiger partial charge in [0.15, 0.2) is 23.1 Å². The maximum atomic E-state index is 15.4. The number of allylic oxidation sites excluding steroid dienone is 2. The molecule has 0 saturated heterocycles. The van der Waals surface area contributed by atoms with Crippen molar-refractivity contribution in [3.8, 4) is 11.1 Å². The number of esters is 2. The van der Waals surface area contributed by atoms with E-state index in [4.69, 9.17) is 9.47 Å². The standard InChI is InChI=1S/C69H38O8S2/c70-63-53-25-43-19-39-15-7-8-16-40(39)20-44(43)26-54(53)64(71)57(63)31-49-23-47-29-59-51(33-61(47)78-49)52-34-62-48(30-60(52)69(59,67(74)76-35-37-11-3-1-4-12-37)68(75)77-36-38-13-5-2-6-14-38)24-50(79-62)32-58-65(72)55-27-45-21-41-17-9-10-18-42(41)22-46(45)28-56(55)66(58)73/h1-34H,35-36H2. The maximum absolute atomic E-state index is 15.4. The number of Topliss-reactive ketones (excluding diaryl/α,β-unsaturated/α-hetero) is 4. The lowest BCUT2D eigenvalue weighted by Crippen LogP contribution is -2.45. The van der Waals surface area contributed by atoms with E-state index in [1.165, 1.54) is 22.7 Å². The van der Waals surface area contributed by atoms with Gasteiger partial charge >= 0.3 is 11.9 Å². The summed E-state index contributed by atoms with van der Waals surface area (Å²) in [6.07, 6.45) is 3.28. The van der Waals surface area contributed by atoms with Gasteiger partial charge in [-0.1, -0.05) is 109 Å². The fraction of sp³-hybridized carbons (Fsp3) is 0.0435. The number of carbonyl (C=O) groups excluding carboxylic acids is 6. The Morgan fingerprint density at radius 3 is 1.03 bits per heavy atom. The zero-order chi connectivity index (χ0) is 53.3. The van der Waals surface area contributed by atoms with Crippen molar-refractivity contribution < 1.29 is 38.2 Å². The van der Waals surface area contributed by atoms with E-state index in [1.54, 1.807) is 36.4 Å². The lowest BCUT2D eigenvalue weighted by Gasteiger charge is -2.28. The van der Waals surface area contributed by atoms with Gasteiger partial charge in [-0.25, -0.2) is 0 Å². The summed E-state index contributed by atoms with van der Waals surface area (Å²) in [5.41, 5.74) is 2.78. The predicted molar refractivity (Wildman–Crippen MR) is 312 cm³/mol. The van der Waals surface area contributed by atoms with Crippen molar-refractivity contribution in [1.82, 2.24) is 0 Å². The van der Waals surface area contributed by atoms with Crippen LogP contribution in [-0.2, 0) is 37.7 Å². The Morgan fingerprint density at radius 1 is 0.354 bits per heavy atom. The second-order valence-electron chi connectivity index (χ2n) is 20.4. The second kappa shape index (κ2) is 17.7. The molecule has 0 saturated carbocycles.